The van der Waals surface area contributed by atoms with E-state index in [0.29, 0.717) is 16.6 Å². The maximum Gasteiger partial charge on any atom is 0.251 e. The number of carbonyl (C=O) groups is 2. The van der Waals surface area contributed by atoms with Crippen molar-refractivity contribution in [3.63, 3.8) is 0 Å². The molecule has 0 aliphatic carbocycles. The molecule has 2 aromatic carbocycles. The van der Waals surface area contributed by atoms with Gasteiger partial charge in [0.1, 0.15) is 0 Å². The molecule has 6 heteroatoms. The van der Waals surface area contributed by atoms with Gasteiger partial charge >= 0.3 is 0 Å². The maximum absolute atomic E-state index is 12.2. The minimum absolute atomic E-state index is 0.0950. The van der Waals surface area contributed by atoms with Gasteiger partial charge < -0.3 is 10.6 Å². The van der Waals surface area contributed by atoms with E-state index in [9.17, 15) is 9.59 Å². The Morgan fingerprint density at radius 1 is 1.12 bits per heavy atom. The number of nitrogens with one attached hydrogen (secondary N) is 2. The van der Waals surface area contributed by atoms with Gasteiger partial charge in [0.05, 0.1) is 12.2 Å². The summed E-state index contributed by atoms with van der Waals surface area (Å²) in [6.07, 6.45) is 0. The van der Waals surface area contributed by atoms with Crippen molar-refractivity contribution in [1.82, 2.24) is 10.3 Å². The van der Waals surface area contributed by atoms with Crippen LogP contribution in [0.25, 0.3) is 10.8 Å². The van der Waals surface area contributed by atoms with Crippen molar-refractivity contribution >= 4 is 39.1 Å². The zero-order valence-electron chi connectivity index (χ0n) is 14.1. The van der Waals surface area contributed by atoms with Crippen LogP contribution in [0.15, 0.2) is 47.8 Å². The van der Waals surface area contributed by atoms with Crippen LogP contribution in [0.5, 0.6) is 0 Å². The van der Waals surface area contributed by atoms with Gasteiger partial charge in [0, 0.05) is 10.9 Å². The predicted octanol–water partition coefficient (Wildman–Crippen LogP) is 3.79. The lowest BCUT2D eigenvalue weighted by molar-refractivity contribution is -0.115. The molecule has 5 nitrogen and oxygen atoms in total. The fourth-order valence-electron chi connectivity index (χ4n) is 2.37. The lowest BCUT2D eigenvalue weighted by atomic mass is 10.1. The Hall–Kier alpha value is -2.73. The lowest BCUT2D eigenvalue weighted by Gasteiger charge is -2.06. The first kappa shape index (κ1) is 17.1. The molecule has 0 atom stereocenters. The third kappa shape index (κ3) is 4.22. The molecule has 0 aliphatic heterocycles. The highest BCUT2D eigenvalue weighted by Crippen LogP contribution is 2.21. The fourth-order valence-corrected chi connectivity index (χ4v) is 3.25. The second-order valence-corrected chi connectivity index (χ2v) is 6.88. The molecule has 0 unspecified atom stereocenters. The average molecular weight is 353 g/mol. The van der Waals surface area contributed by atoms with E-state index in [-0.39, 0.29) is 18.4 Å². The zero-order chi connectivity index (χ0) is 17.8. The summed E-state index contributed by atoms with van der Waals surface area (Å²) in [6.45, 7) is 4.00. The highest BCUT2D eigenvalue weighted by atomic mass is 32.1. The monoisotopic (exact) mass is 353 g/mol. The van der Waals surface area contributed by atoms with E-state index in [1.807, 2.05) is 55.6 Å². The number of hydrogen-bond acceptors (Lipinski definition) is 4. The molecule has 2 amide bonds. The molecule has 0 bridgehead atoms. The molecule has 128 valence electrons. The third-order valence-corrected chi connectivity index (χ3v) is 4.56. The Balaban J connectivity index is 1.57. The molecule has 1 aromatic heterocycles. The van der Waals surface area contributed by atoms with Crippen LogP contribution in [0.1, 0.15) is 35.8 Å². The quantitative estimate of drug-likeness (QED) is 0.733. The van der Waals surface area contributed by atoms with Gasteiger partial charge in [-0.2, -0.15) is 0 Å². The Morgan fingerprint density at radius 2 is 1.88 bits per heavy atom. The Bertz CT molecular complexity index is 918. The summed E-state index contributed by atoms with van der Waals surface area (Å²) >= 11 is 1.38. The highest BCUT2D eigenvalue weighted by Gasteiger charge is 2.11. The van der Waals surface area contributed by atoms with Crippen molar-refractivity contribution < 1.29 is 9.59 Å². The fraction of sp³-hybridized carbons (Fsp3) is 0.211. The third-order valence-electron chi connectivity index (χ3n) is 3.78. The van der Waals surface area contributed by atoms with Gasteiger partial charge in [-0.15, -0.1) is 11.3 Å². The number of nitrogens with zero attached hydrogens (tertiary/aromatic N) is 1. The Morgan fingerprint density at radius 3 is 2.60 bits per heavy atom. The van der Waals surface area contributed by atoms with Crippen molar-refractivity contribution in [1.29, 1.82) is 0 Å². The Kier molecular flexibility index (Phi) is 5.09. The smallest absolute Gasteiger partial charge is 0.251 e. The molecule has 0 fully saturated rings. The van der Waals surface area contributed by atoms with E-state index in [2.05, 4.69) is 15.6 Å². The van der Waals surface area contributed by atoms with E-state index in [1.54, 1.807) is 6.07 Å². The van der Waals surface area contributed by atoms with Gasteiger partial charge in [-0.1, -0.05) is 44.2 Å². The summed E-state index contributed by atoms with van der Waals surface area (Å²) < 4.78 is 0. The number of anilines is 1. The van der Waals surface area contributed by atoms with Gasteiger partial charge in [-0.25, -0.2) is 4.98 Å². The van der Waals surface area contributed by atoms with Crippen molar-refractivity contribution in [3.05, 3.63) is 59.1 Å². The molecule has 25 heavy (non-hydrogen) atoms. The van der Waals surface area contributed by atoms with Crippen LogP contribution in [0.2, 0.25) is 0 Å². The number of thiazole rings is 1. The second-order valence-electron chi connectivity index (χ2n) is 6.03. The summed E-state index contributed by atoms with van der Waals surface area (Å²) in [5, 5.41) is 9.88. The molecule has 3 aromatic rings. The summed E-state index contributed by atoms with van der Waals surface area (Å²) in [7, 11) is 0. The summed E-state index contributed by atoms with van der Waals surface area (Å²) in [6, 6.07) is 13.3. The molecule has 1 heterocycles. The second kappa shape index (κ2) is 7.44. The lowest BCUT2D eigenvalue weighted by Crippen LogP contribution is -2.32. The molecule has 0 saturated carbocycles. The highest BCUT2D eigenvalue weighted by molar-refractivity contribution is 7.13. The molecular formula is C19H19N3O2S. The molecule has 2 N–H and O–H groups in total. The van der Waals surface area contributed by atoms with E-state index in [4.69, 9.17) is 0 Å². The standard InChI is InChI=1S/C19H19N3O2S/c1-12(2)16-11-25-19(21-16)22-17(23)10-20-18(24)15-8-7-13-5-3-4-6-14(13)9-15/h3-9,11-12H,10H2,1-2H3,(H,20,24)(H,21,22,23). The largest absolute Gasteiger partial charge is 0.343 e. The van der Waals surface area contributed by atoms with Crippen molar-refractivity contribution in [3.8, 4) is 0 Å². The molecule has 3 rings (SSSR count). The maximum atomic E-state index is 12.2. The number of aromatic nitrogens is 1. The van der Waals surface area contributed by atoms with Gasteiger partial charge in [-0.05, 0) is 28.8 Å². The number of rotatable bonds is 5. The van der Waals surface area contributed by atoms with Crippen LogP contribution in [-0.4, -0.2) is 23.3 Å². The number of amides is 2. The Labute approximate surface area is 150 Å². The average Bonchev–Trinajstić information content (AvgIpc) is 3.08. The van der Waals surface area contributed by atoms with Crippen LogP contribution >= 0.6 is 11.3 Å². The van der Waals surface area contributed by atoms with Gasteiger partial charge in [-0.3, -0.25) is 9.59 Å². The topological polar surface area (TPSA) is 71.1 Å². The molecule has 0 spiro atoms. The van der Waals surface area contributed by atoms with Crippen LogP contribution in [-0.2, 0) is 4.79 Å². The van der Waals surface area contributed by atoms with Crippen LogP contribution < -0.4 is 10.6 Å². The normalized spacial score (nSPS) is 10.8. The van der Waals surface area contributed by atoms with Crippen LogP contribution in [0.4, 0.5) is 5.13 Å². The number of benzene rings is 2. The summed E-state index contributed by atoms with van der Waals surface area (Å²) in [5.74, 6) is -0.254. The van der Waals surface area contributed by atoms with Gasteiger partial charge in [0.25, 0.3) is 5.91 Å². The molecule has 0 aliphatic rings. The molecular weight excluding hydrogens is 334 g/mol. The number of fused-ring (bicyclic) bond motifs is 1. The van der Waals surface area contributed by atoms with Crippen LogP contribution in [0, 0.1) is 0 Å². The minimum atomic E-state index is -0.293. The van der Waals surface area contributed by atoms with Crippen molar-refractivity contribution in [2.24, 2.45) is 0 Å². The van der Waals surface area contributed by atoms with E-state index in [1.165, 1.54) is 11.3 Å². The van der Waals surface area contributed by atoms with Crippen molar-refractivity contribution in [2.45, 2.75) is 19.8 Å². The minimum Gasteiger partial charge on any atom is -0.343 e. The molecule has 0 saturated heterocycles. The van der Waals surface area contributed by atoms with Crippen molar-refractivity contribution in [2.75, 3.05) is 11.9 Å². The molecule has 0 radical (unpaired) electrons. The first-order valence-electron chi connectivity index (χ1n) is 8.05. The zero-order valence-corrected chi connectivity index (χ0v) is 14.9. The van der Waals surface area contributed by atoms with Gasteiger partial charge in [0.2, 0.25) is 5.91 Å². The van der Waals surface area contributed by atoms with E-state index < -0.39 is 0 Å². The van der Waals surface area contributed by atoms with E-state index >= 15 is 0 Å². The summed E-state index contributed by atoms with van der Waals surface area (Å²) in [5.41, 5.74) is 1.48. The van der Waals surface area contributed by atoms with Gasteiger partial charge in [0.15, 0.2) is 5.13 Å². The summed E-state index contributed by atoms with van der Waals surface area (Å²) in [4.78, 5) is 28.6. The number of carbonyl (C=O) groups excluding carboxylic acids is 2. The predicted molar refractivity (Wildman–Crippen MR) is 101 cm³/mol. The van der Waals surface area contributed by atoms with Crippen LogP contribution in [0.3, 0.4) is 0 Å². The van der Waals surface area contributed by atoms with E-state index in [0.717, 1.165) is 16.5 Å². The number of hydrogen-bond donors (Lipinski definition) is 2. The first-order valence-corrected chi connectivity index (χ1v) is 8.93. The SMILES string of the molecule is CC(C)c1csc(NC(=O)CNC(=O)c2ccc3ccccc3c2)n1. The first-order chi connectivity index (χ1) is 12.0.